The first-order valence-corrected chi connectivity index (χ1v) is 9.23. The molecule has 1 aliphatic rings. The fourth-order valence-electron chi connectivity index (χ4n) is 2.33. The lowest BCUT2D eigenvalue weighted by Gasteiger charge is -2.30. The molecule has 1 fully saturated rings. The summed E-state index contributed by atoms with van der Waals surface area (Å²) in [5.41, 5.74) is 0. The lowest BCUT2D eigenvalue weighted by Crippen LogP contribution is -2.40. The van der Waals surface area contributed by atoms with Crippen LogP contribution in [0.15, 0.2) is 0 Å². The number of rotatable bonds is 5. The second-order valence-electron chi connectivity index (χ2n) is 5.03. The zero-order chi connectivity index (χ0) is 13.9. The molecular weight excluding hydrogens is 282 g/mol. The van der Waals surface area contributed by atoms with Crippen LogP contribution in [-0.4, -0.2) is 41.8 Å². The number of unbranched alkanes of at least 4 members (excludes halogenated alkanes) is 1. The Morgan fingerprint density at radius 3 is 2.84 bits per heavy atom. The third kappa shape index (κ3) is 3.73. The van der Waals surface area contributed by atoms with E-state index in [0.29, 0.717) is 13.1 Å². The van der Waals surface area contributed by atoms with Crippen molar-refractivity contribution in [1.29, 1.82) is 0 Å². The average Bonchev–Trinajstić information content (AvgIpc) is 2.83. The van der Waals surface area contributed by atoms with Crippen molar-refractivity contribution in [3.05, 3.63) is 10.0 Å². The quantitative estimate of drug-likeness (QED) is 0.836. The highest BCUT2D eigenvalue weighted by molar-refractivity contribution is 7.89. The largest absolute Gasteiger partial charge is 0.214 e. The van der Waals surface area contributed by atoms with Crippen LogP contribution in [-0.2, 0) is 10.0 Å². The first-order chi connectivity index (χ1) is 9.03. The summed E-state index contributed by atoms with van der Waals surface area (Å²) in [5.74, 6) is 0.488. The molecule has 1 saturated heterocycles. The molecule has 2 rings (SSSR count). The number of piperidine rings is 1. The van der Waals surface area contributed by atoms with Gasteiger partial charge in [-0.15, -0.1) is 21.5 Å². The summed E-state index contributed by atoms with van der Waals surface area (Å²) in [4.78, 5) is 0. The van der Waals surface area contributed by atoms with Crippen LogP contribution >= 0.6 is 11.3 Å². The van der Waals surface area contributed by atoms with Gasteiger partial charge in [0.2, 0.25) is 10.0 Å². The molecule has 19 heavy (non-hydrogen) atoms. The first-order valence-electron chi connectivity index (χ1n) is 6.80. The fourth-order valence-corrected chi connectivity index (χ4v) is 4.88. The van der Waals surface area contributed by atoms with Crippen LogP contribution in [0.5, 0.6) is 0 Å². The van der Waals surface area contributed by atoms with E-state index in [1.54, 1.807) is 15.6 Å². The van der Waals surface area contributed by atoms with E-state index in [4.69, 9.17) is 0 Å². The van der Waals surface area contributed by atoms with Crippen molar-refractivity contribution in [3.8, 4) is 0 Å². The van der Waals surface area contributed by atoms with E-state index < -0.39 is 10.0 Å². The Bertz CT molecular complexity index is 513. The minimum atomic E-state index is -3.09. The Morgan fingerprint density at radius 2 is 2.21 bits per heavy atom. The third-order valence-electron chi connectivity index (χ3n) is 3.42. The molecule has 2 heterocycles. The van der Waals surface area contributed by atoms with Crippen molar-refractivity contribution < 1.29 is 8.42 Å². The smallest absolute Gasteiger partial charge is 0.212 e. The van der Waals surface area contributed by atoms with Gasteiger partial charge in [0.1, 0.15) is 10.0 Å². The molecule has 0 bridgehead atoms. The molecule has 5 nitrogen and oxygen atoms in total. The van der Waals surface area contributed by atoms with Gasteiger partial charge in [0.25, 0.3) is 0 Å². The lowest BCUT2D eigenvalue weighted by atomic mass is 10.0. The molecule has 108 valence electrons. The zero-order valence-electron chi connectivity index (χ0n) is 11.5. The maximum atomic E-state index is 12.2. The molecule has 1 aliphatic heterocycles. The SMILES string of the molecule is CCCCS(=O)(=O)N1CCCC(c2nnc(C)s2)C1. The van der Waals surface area contributed by atoms with Crippen molar-refractivity contribution >= 4 is 21.4 Å². The topological polar surface area (TPSA) is 63.2 Å². The lowest BCUT2D eigenvalue weighted by molar-refractivity contribution is 0.314. The van der Waals surface area contributed by atoms with E-state index in [2.05, 4.69) is 10.2 Å². The monoisotopic (exact) mass is 303 g/mol. The molecule has 0 saturated carbocycles. The fraction of sp³-hybridized carbons (Fsp3) is 0.833. The summed E-state index contributed by atoms with van der Waals surface area (Å²) in [6.07, 6.45) is 3.57. The van der Waals surface area contributed by atoms with Gasteiger partial charge in [0, 0.05) is 19.0 Å². The molecule has 1 aromatic heterocycles. The predicted molar refractivity (Wildman–Crippen MR) is 76.9 cm³/mol. The Balaban J connectivity index is 2.05. The highest BCUT2D eigenvalue weighted by Crippen LogP contribution is 2.30. The molecule has 1 aromatic rings. The molecule has 0 aliphatic carbocycles. The van der Waals surface area contributed by atoms with E-state index in [1.807, 2.05) is 13.8 Å². The van der Waals surface area contributed by atoms with Gasteiger partial charge in [-0.1, -0.05) is 13.3 Å². The van der Waals surface area contributed by atoms with Crippen LogP contribution in [0.1, 0.15) is 48.5 Å². The summed E-state index contributed by atoms with van der Waals surface area (Å²) < 4.78 is 26.1. The minimum Gasteiger partial charge on any atom is -0.212 e. The molecular formula is C12H21N3O2S2. The van der Waals surface area contributed by atoms with Crippen molar-refractivity contribution in [2.24, 2.45) is 0 Å². The zero-order valence-corrected chi connectivity index (χ0v) is 13.1. The minimum absolute atomic E-state index is 0.219. The van der Waals surface area contributed by atoms with Gasteiger partial charge in [-0.25, -0.2) is 12.7 Å². The van der Waals surface area contributed by atoms with Gasteiger partial charge in [0.05, 0.1) is 5.75 Å². The average molecular weight is 303 g/mol. The van der Waals surface area contributed by atoms with E-state index in [1.165, 1.54) is 0 Å². The molecule has 1 unspecified atom stereocenters. The van der Waals surface area contributed by atoms with Crippen molar-refractivity contribution in [1.82, 2.24) is 14.5 Å². The number of hydrogen-bond donors (Lipinski definition) is 0. The molecule has 0 aromatic carbocycles. The normalized spacial score (nSPS) is 21.7. The van der Waals surface area contributed by atoms with E-state index in [-0.39, 0.29) is 11.7 Å². The van der Waals surface area contributed by atoms with Crippen LogP contribution in [0.2, 0.25) is 0 Å². The number of sulfonamides is 1. The summed E-state index contributed by atoms with van der Waals surface area (Å²) in [6.45, 7) is 5.17. The maximum Gasteiger partial charge on any atom is 0.214 e. The van der Waals surface area contributed by atoms with Gasteiger partial charge >= 0.3 is 0 Å². The van der Waals surface area contributed by atoms with Crippen LogP contribution in [0.3, 0.4) is 0 Å². The van der Waals surface area contributed by atoms with Crippen molar-refractivity contribution in [2.75, 3.05) is 18.8 Å². The number of aromatic nitrogens is 2. The summed E-state index contributed by atoms with van der Waals surface area (Å²) >= 11 is 1.58. The third-order valence-corrected chi connectivity index (χ3v) is 6.35. The second kappa shape index (κ2) is 6.28. The number of aryl methyl sites for hydroxylation is 1. The first kappa shape index (κ1) is 14.9. The molecule has 0 radical (unpaired) electrons. The van der Waals surface area contributed by atoms with Crippen LogP contribution < -0.4 is 0 Å². The van der Waals surface area contributed by atoms with Crippen LogP contribution in [0.25, 0.3) is 0 Å². The molecule has 0 spiro atoms. The van der Waals surface area contributed by atoms with E-state index >= 15 is 0 Å². The van der Waals surface area contributed by atoms with Gasteiger partial charge in [-0.2, -0.15) is 0 Å². The van der Waals surface area contributed by atoms with E-state index in [9.17, 15) is 8.42 Å². The van der Waals surface area contributed by atoms with Gasteiger partial charge in [0.15, 0.2) is 0 Å². The molecule has 7 heteroatoms. The Hall–Kier alpha value is -0.530. The van der Waals surface area contributed by atoms with Crippen molar-refractivity contribution in [2.45, 2.75) is 45.4 Å². The molecule has 0 amide bonds. The summed E-state index contributed by atoms with van der Waals surface area (Å²) in [7, 11) is -3.09. The second-order valence-corrected chi connectivity index (χ2v) is 8.33. The van der Waals surface area contributed by atoms with Crippen molar-refractivity contribution in [3.63, 3.8) is 0 Å². The molecule has 1 atom stereocenters. The number of hydrogen-bond acceptors (Lipinski definition) is 5. The van der Waals surface area contributed by atoms with Gasteiger partial charge < -0.3 is 0 Å². The van der Waals surface area contributed by atoms with Gasteiger partial charge in [-0.05, 0) is 26.2 Å². The van der Waals surface area contributed by atoms with Crippen LogP contribution in [0, 0.1) is 6.92 Å². The number of nitrogens with zero attached hydrogens (tertiary/aromatic N) is 3. The predicted octanol–water partition coefficient (Wildman–Crippen LogP) is 2.16. The summed E-state index contributed by atoms with van der Waals surface area (Å²) in [5, 5.41) is 10.1. The Morgan fingerprint density at radius 1 is 1.42 bits per heavy atom. The van der Waals surface area contributed by atoms with Gasteiger partial charge in [-0.3, -0.25) is 0 Å². The maximum absolute atomic E-state index is 12.2. The Kier molecular flexibility index (Phi) is 4.92. The van der Waals surface area contributed by atoms with Crippen LogP contribution in [0.4, 0.5) is 0 Å². The van der Waals surface area contributed by atoms with E-state index in [0.717, 1.165) is 35.7 Å². The Labute approximate surface area is 119 Å². The summed E-state index contributed by atoms with van der Waals surface area (Å²) in [6, 6.07) is 0. The molecule has 0 N–H and O–H groups in total. The highest BCUT2D eigenvalue weighted by Gasteiger charge is 2.30. The highest BCUT2D eigenvalue weighted by atomic mass is 32.2. The standard InChI is InChI=1S/C12H21N3O2S2/c1-3-4-8-19(16,17)15-7-5-6-11(9-15)12-14-13-10(2)18-12/h11H,3-9H2,1-2H3.